The maximum absolute atomic E-state index is 4.61. The van der Waals surface area contributed by atoms with E-state index in [1.165, 1.54) is 0 Å². The lowest BCUT2D eigenvalue weighted by atomic mass is 10.1. The molecule has 6 heteroatoms. The number of nitrogens with one attached hydrogen (secondary N) is 3. The van der Waals surface area contributed by atoms with Crippen molar-refractivity contribution in [2.45, 2.75) is 33.7 Å². The fourth-order valence-corrected chi connectivity index (χ4v) is 3.11. The average Bonchev–Trinajstić information content (AvgIpc) is 3.15. The van der Waals surface area contributed by atoms with E-state index in [0.29, 0.717) is 11.7 Å². The summed E-state index contributed by atoms with van der Waals surface area (Å²) in [5, 5.41) is 15.2. The molecule has 154 valence electrons. The van der Waals surface area contributed by atoms with Crippen LogP contribution in [0.1, 0.15) is 37.7 Å². The molecule has 0 spiro atoms. The standard InChI is InChI=1S/C24H28N6/c1-7-18(11-19(8-2)27-15(3)4)22-12-20-23(14-26-22)29-30-24(20)17(6)28-21-9-10-25-13-16(21)5/h7-15,27H,2,6H2,1,3-5H3,(H,25,28)(H,29,30)/b18-7+,19-11+. The van der Waals surface area contributed by atoms with Crippen molar-refractivity contribution in [3.63, 3.8) is 0 Å². The first-order valence-electron chi connectivity index (χ1n) is 9.91. The number of hydrogen-bond acceptors (Lipinski definition) is 5. The Labute approximate surface area is 177 Å². The third-order valence-corrected chi connectivity index (χ3v) is 4.63. The topological polar surface area (TPSA) is 78.5 Å². The molecule has 3 N–H and O–H groups in total. The molecular weight excluding hydrogens is 372 g/mol. The fourth-order valence-electron chi connectivity index (χ4n) is 3.11. The third-order valence-electron chi connectivity index (χ3n) is 4.63. The van der Waals surface area contributed by atoms with E-state index in [-0.39, 0.29) is 0 Å². The predicted molar refractivity (Wildman–Crippen MR) is 126 cm³/mol. The molecule has 0 unspecified atom stereocenters. The van der Waals surface area contributed by atoms with Gasteiger partial charge in [0.25, 0.3) is 0 Å². The molecule has 0 fully saturated rings. The van der Waals surface area contributed by atoms with Gasteiger partial charge in [0.1, 0.15) is 5.69 Å². The number of nitrogens with zero attached hydrogens (tertiary/aromatic N) is 3. The van der Waals surface area contributed by atoms with Crippen LogP contribution in [0.3, 0.4) is 0 Å². The van der Waals surface area contributed by atoms with Crippen LogP contribution in [0.15, 0.2) is 67.8 Å². The van der Waals surface area contributed by atoms with Crippen LogP contribution in [0.4, 0.5) is 5.69 Å². The number of allylic oxidation sites excluding steroid dienone is 4. The number of aromatic nitrogens is 4. The van der Waals surface area contributed by atoms with Crippen LogP contribution in [-0.4, -0.2) is 26.2 Å². The number of aromatic amines is 1. The van der Waals surface area contributed by atoms with Gasteiger partial charge in [-0.25, -0.2) is 0 Å². The van der Waals surface area contributed by atoms with Gasteiger partial charge >= 0.3 is 0 Å². The van der Waals surface area contributed by atoms with Crippen molar-refractivity contribution >= 4 is 27.9 Å². The quantitative estimate of drug-likeness (QED) is 0.452. The molecule has 6 nitrogen and oxygen atoms in total. The predicted octanol–water partition coefficient (Wildman–Crippen LogP) is 5.22. The second kappa shape index (κ2) is 9.22. The highest BCUT2D eigenvalue weighted by Gasteiger charge is 2.13. The van der Waals surface area contributed by atoms with Crippen molar-refractivity contribution in [3.05, 3.63) is 84.8 Å². The largest absolute Gasteiger partial charge is 0.383 e. The molecule has 0 radical (unpaired) electrons. The first-order valence-corrected chi connectivity index (χ1v) is 9.91. The zero-order valence-electron chi connectivity index (χ0n) is 18.0. The molecule has 0 aliphatic rings. The van der Waals surface area contributed by atoms with Crippen LogP contribution >= 0.6 is 0 Å². The van der Waals surface area contributed by atoms with Crippen LogP contribution in [0.2, 0.25) is 0 Å². The highest BCUT2D eigenvalue weighted by Crippen LogP contribution is 2.27. The van der Waals surface area contributed by atoms with Gasteiger partial charge in [-0.05, 0) is 63.1 Å². The SMILES string of the molecule is C=C/C(=C\C(=C/C)c1cc2c(C(=C)Nc3ccncc3C)n[nH]c2cn1)NC(C)C. The minimum atomic E-state index is 0.314. The zero-order chi connectivity index (χ0) is 21.7. The van der Waals surface area contributed by atoms with Crippen molar-refractivity contribution < 1.29 is 0 Å². The summed E-state index contributed by atoms with van der Waals surface area (Å²) < 4.78 is 0. The summed E-state index contributed by atoms with van der Waals surface area (Å²) in [5.74, 6) is 0. The summed E-state index contributed by atoms with van der Waals surface area (Å²) in [6, 6.07) is 4.26. The maximum atomic E-state index is 4.61. The minimum Gasteiger partial charge on any atom is -0.383 e. The van der Waals surface area contributed by atoms with Crippen LogP contribution in [0.25, 0.3) is 22.2 Å². The summed E-state index contributed by atoms with van der Waals surface area (Å²) in [4.78, 5) is 8.74. The number of anilines is 1. The normalized spacial score (nSPS) is 12.3. The third kappa shape index (κ3) is 4.66. The molecule has 0 aliphatic heterocycles. The molecule has 3 aromatic rings. The molecule has 0 amide bonds. The summed E-state index contributed by atoms with van der Waals surface area (Å²) >= 11 is 0. The molecule has 0 bridgehead atoms. The molecule has 0 saturated heterocycles. The highest BCUT2D eigenvalue weighted by molar-refractivity contribution is 5.94. The zero-order valence-corrected chi connectivity index (χ0v) is 18.0. The maximum Gasteiger partial charge on any atom is 0.116 e. The van der Waals surface area contributed by atoms with Gasteiger partial charge in [-0.3, -0.25) is 15.1 Å². The van der Waals surface area contributed by atoms with Gasteiger partial charge in [-0.1, -0.05) is 19.2 Å². The number of H-pyrrole nitrogens is 1. The first-order chi connectivity index (χ1) is 14.4. The van der Waals surface area contributed by atoms with Crippen LogP contribution < -0.4 is 10.6 Å². The number of aryl methyl sites for hydroxylation is 1. The van der Waals surface area contributed by atoms with E-state index in [4.69, 9.17) is 0 Å². The average molecular weight is 401 g/mol. The minimum absolute atomic E-state index is 0.314. The van der Waals surface area contributed by atoms with Gasteiger partial charge in [0.05, 0.1) is 23.1 Å². The summed E-state index contributed by atoms with van der Waals surface area (Å²) in [6.45, 7) is 16.3. The molecule has 3 aromatic heterocycles. The number of fused-ring (bicyclic) bond motifs is 1. The second-order valence-corrected chi connectivity index (χ2v) is 7.33. The van der Waals surface area contributed by atoms with E-state index < -0.39 is 0 Å². The van der Waals surface area contributed by atoms with Crippen molar-refractivity contribution in [2.75, 3.05) is 5.32 Å². The van der Waals surface area contributed by atoms with Gasteiger partial charge in [-0.15, -0.1) is 0 Å². The van der Waals surface area contributed by atoms with Gasteiger partial charge < -0.3 is 10.6 Å². The van der Waals surface area contributed by atoms with Crippen molar-refractivity contribution in [1.29, 1.82) is 0 Å². The Hall–Kier alpha value is -3.67. The molecular formula is C24H28N6. The van der Waals surface area contributed by atoms with Crippen molar-refractivity contribution in [1.82, 2.24) is 25.5 Å². The smallest absolute Gasteiger partial charge is 0.116 e. The Morgan fingerprint density at radius 1 is 1.27 bits per heavy atom. The Balaban J connectivity index is 1.96. The summed E-state index contributed by atoms with van der Waals surface area (Å²) in [7, 11) is 0. The monoisotopic (exact) mass is 400 g/mol. The Kier molecular flexibility index (Phi) is 6.47. The van der Waals surface area contributed by atoms with Crippen LogP contribution in [0, 0.1) is 6.92 Å². The summed E-state index contributed by atoms with van der Waals surface area (Å²) in [6.07, 6.45) is 11.3. The second-order valence-electron chi connectivity index (χ2n) is 7.33. The lowest BCUT2D eigenvalue weighted by Gasteiger charge is -2.12. The molecule has 0 aromatic carbocycles. The number of pyridine rings is 2. The molecule has 0 atom stereocenters. The molecule has 0 saturated carbocycles. The Bertz CT molecular complexity index is 1130. The van der Waals surface area contributed by atoms with Crippen molar-refractivity contribution in [2.24, 2.45) is 0 Å². The van der Waals surface area contributed by atoms with E-state index >= 15 is 0 Å². The van der Waals surface area contributed by atoms with Gasteiger partial charge in [0.2, 0.25) is 0 Å². The van der Waals surface area contributed by atoms with E-state index in [1.54, 1.807) is 12.4 Å². The van der Waals surface area contributed by atoms with E-state index in [9.17, 15) is 0 Å². The van der Waals surface area contributed by atoms with Crippen LogP contribution in [-0.2, 0) is 0 Å². The van der Waals surface area contributed by atoms with Crippen LogP contribution in [0.5, 0.6) is 0 Å². The number of rotatable bonds is 8. The molecule has 3 rings (SSSR count). The lowest BCUT2D eigenvalue weighted by molar-refractivity contribution is 0.682. The van der Waals surface area contributed by atoms with E-state index in [2.05, 4.69) is 57.8 Å². The Morgan fingerprint density at radius 2 is 2.07 bits per heavy atom. The Morgan fingerprint density at radius 3 is 2.73 bits per heavy atom. The fraction of sp³-hybridized carbons (Fsp3) is 0.208. The van der Waals surface area contributed by atoms with Gasteiger partial charge in [0, 0.05) is 35.2 Å². The number of hydrogen-bond donors (Lipinski definition) is 3. The van der Waals surface area contributed by atoms with Gasteiger partial charge in [-0.2, -0.15) is 5.10 Å². The van der Waals surface area contributed by atoms with E-state index in [1.807, 2.05) is 50.4 Å². The molecule has 0 aliphatic carbocycles. The lowest BCUT2D eigenvalue weighted by Crippen LogP contribution is -2.20. The molecule has 3 heterocycles. The first kappa shape index (κ1) is 21.0. The summed E-state index contributed by atoms with van der Waals surface area (Å²) in [5.41, 5.74) is 7.11. The van der Waals surface area contributed by atoms with Crippen molar-refractivity contribution in [3.8, 4) is 0 Å². The van der Waals surface area contributed by atoms with E-state index in [0.717, 1.165) is 44.8 Å². The highest BCUT2D eigenvalue weighted by atomic mass is 15.1. The van der Waals surface area contributed by atoms with Gasteiger partial charge in [0.15, 0.2) is 0 Å². The molecule has 30 heavy (non-hydrogen) atoms.